The molecule has 0 spiro atoms. The summed E-state index contributed by atoms with van der Waals surface area (Å²) in [6.07, 6.45) is 10.4. The van der Waals surface area contributed by atoms with Crippen molar-refractivity contribution in [2.75, 3.05) is 26.7 Å². The second-order valence-corrected chi connectivity index (χ2v) is 9.38. The fourth-order valence-corrected chi connectivity index (χ4v) is 5.20. The highest BCUT2D eigenvalue weighted by atomic mass is 15.2. The molecule has 1 unspecified atom stereocenters. The molecule has 2 saturated carbocycles. The first-order valence-electron chi connectivity index (χ1n) is 11.7. The van der Waals surface area contributed by atoms with E-state index in [1.54, 1.807) is 0 Å². The zero-order valence-corrected chi connectivity index (χ0v) is 18.3. The van der Waals surface area contributed by atoms with Gasteiger partial charge in [-0.3, -0.25) is 4.99 Å². The van der Waals surface area contributed by atoms with Crippen molar-refractivity contribution >= 4 is 5.96 Å². The molecule has 0 aromatic heterocycles. The number of benzene rings is 1. The Kier molecular flexibility index (Phi) is 6.76. The van der Waals surface area contributed by atoms with E-state index in [9.17, 15) is 0 Å². The van der Waals surface area contributed by atoms with Gasteiger partial charge >= 0.3 is 0 Å². The Morgan fingerprint density at radius 2 is 1.79 bits per heavy atom. The maximum Gasteiger partial charge on any atom is 0.191 e. The molecule has 1 saturated heterocycles. The van der Waals surface area contributed by atoms with Gasteiger partial charge in [0.05, 0.1) is 0 Å². The molecular weight excluding hydrogens is 358 g/mol. The molecule has 1 aromatic carbocycles. The molecule has 3 aliphatic rings. The molecule has 1 aliphatic heterocycles. The third-order valence-electron chi connectivity index (χ3n) is 7.13. The minimum Gasteiger partial charge on any atom is -0.355 e. The first-order valence-corrected chi connectivity index (χ1v) is 11.7. The van der Waals surface area contributed by atoms with Crippen LogP contribution in [0.15, 0.2) is 35.3 Å². The molecule has 5 nitrogen and oxygen atoms in total. The van der Waals surface area contributed by atoms with Crippen LogP contribution in [-0.4, -0.2) is 55.2 Å². The summed E-state index contributed by atoms with van der Waals surface area (Å²) in [5.74, 6) is 0.968. The van der Waals surface area contributed by atoms with E-state index in [-0.39, 0.29) is 5.54 Å². The second-order valence-electron chi connectivity index (χ2n) is 9.38. The number of hydrogen-bond donors (Lipinski definition) is 3. The van der Waals surface area contributed by atoms with Crippen LogP contribution in [0.1, 0.15) is 69.9 Å². The maximum absolute atomic E-state index is 4.53. The summed E-state index contributed by atoms with van der Waals surface area (Å²) in [5.41, 5.74) is 1.52. The van der Waals surface area contributed by atoms with Gasteiger partial charge in [-0.1, -0.05) is 43.2 Å². The van der Waals surface area contributed by atoms with Crippen molar-refractivity contribution in [2.45, 2.75) is 82.0 Å². The van der Waals surface area contributed by atoms with Crippen molar-refractivity contribution in [3.05, 3.63) is 35.9 Å². The number of piperidine rings is 1. The highest BCUT2D eigenvalue weighted by Crippen LogP contribution is 2.32. The normalized spacial score (nSPS) is 24.4. The molecule has 2 aliphatic carbocycles. The smallest absolute Gasteiger partial charge is 0.191 e. The van der Waals surface area contributed by atoms with Crippen molar-refractivity contribution in [1.82, 2.24) is 20.9 Å². The lowest BCUT2D eigenvalue weighted by Crippen LogP contribution is -2.56. The van der Waals surface area contributed by atoms with Gasteiger partial charge in [-0.25, -0.2) is 0 Å². The molecule has 0 amide bonds. The van der Waals surface area contributed by atoms with Crippen LogP contribution in [0.3, 0.4) is 0 Å². The molecule has 4 rings (SSSR count). The molecule has 3 N–H and O–H groups in total. The highest BCUT2D eigenvalue weighted by molar-refractivity contribution is 5.80. The fraction of sp³-hybridized carbons (Fsp3) is 0.708. The summed E-state index contributed by atoms with van der Waals surface area (Å²) in [6.45, 7) is 5.69. The van der Waals surface area contributed by atoms with Gasteiger partial charge in [0.25, 0.3) is 0 Å². The molecule has 0 bridgehead atoms. The van der Waals surface area contributed by atoms with E-state index in [0.29, 0.717) is 12.1 Å². The number of nitrogens with one attached hydrogen (secondary N) is 3. The van der Waals surface area contributed by atoms with Crippen LogP contribution >= 0.6 is 0 Å². The molecule has 29 heavy (non-hydrogen) atoms. The van der Waals surface area contributed by atoms with Crippen LogP contribution in [0.4, 0.5) is 0 Å². The average Bonchev–Trinajstić information content (AvgIpc) is 3.52. The molecule has 0 radical (unpaired) electrons. The van der Waals surface area contributed by atoms with E-state index in [4.69, 9.17) is 0 Å². The number of hydrogen-bond acceptors (Lipinski definition) is 3. The van der Waals surface area contributed by atoms with Gasteiger partial charge < -0.3 is 20.9 Å². The van der Waals surface area contributed by atoms with E-state index >= 15 is 0 Å². The summed E-state index contributed by atoms with van der Waals surface area (Å²) in [7, 11) is 1.90. The van der Waals surface area contributed by atoms with Crippen LogP contribution in [0.2, 0.25) is 0 Å². The lowest BCUT2D eigenvalue weighted by atomic mass is 9.94. The largest absolute Gasteiger partial charge is 0.355 e. The standard InChI is InChI=1S/C24H39N5/c1-19(20-8-4-3-5-9-20)28-24(14-6-7-15-24)18-26-23(25-2)27-21-12-16-29(17-13-21)22-10-11-22/h3-5,8-9,19,21-22,28H,6-7,10-18H2,1-2H3,(H2,25,26,27). The lowest BCUT2D eigenvalue weighted by molar-refractivity contribution is 0.197. The summed E-state index contributed by atoms with van der Waals surface area (Å²) < 4.78 is 0. The predicted molar refractivity (Wildman–Crippen MR) is 121 cm³/mol. The van der Waals surface area contributed by atoms with E-state index in [1.165, 1.54) is 70.0 Å². The first kappa shape index (κ1) is 20.7. The topological polar surface area (TPSA) is 51.7 Å². The quantitative estimate of drug-likeness (QED) is 0.487. The molecule has 160 valence electrons. The molecule has 1 atom stereocenters. The Morgan fingerprint density at radius 1 is 1.10 bits per heavy atom. The van der Waals surface area contributed by atoms with E-state index in [1.807, 2.05) is 7.05 Å². The van der Waals surface area contributed by atoms with Gasteiger partial charge in [-0.15, -0.1) is 0 Å². The molecule has 1 heterocycles. The van der Waals surface area contributed by atoms with E-state index in [0.717, 1.165) is 18.5 Å². The minimum absolute atomic E-state index is 0.155. The minimum atomic E-state index is 0.155. The molecular formula is C24H39N5. The summed E-state index contributed by atoms with van der Waals surface area (Å²) >= 11 is 0. The Hall–Kier alpha value is -1.59. The van der Waals surface area contributed by atoms with Gasteiger partial charge in [0.1, 0.15) is 0 Å². The zero-order chi connectivity index (χ0) is 20.1. The first-order chi connectivity index (χ1) is 14.2. The maximum atomic E-state index is 4.53. The van der Waals surface area contributed by atoms with Crippen molar-refractivity contribution in [3.8, 4) is 0 Å². The Bertz CT molecular complexity index is 655. The van der Waals surface area contributed by atoms with Crippen molar-refractivity contribution < 1.29 is 0 Å². The summed E-state index contributed by atoms with van der Waals surface area (Å²) in [5, 5.41) is 11.3. The van der Waals surface area contributed by atoms with Gasteiger partial charge in [-0.2, -0.15) is 0 Å². The molecule has 5 heteroatoms. The van der Waals surface area contributed by atoms with Crippen LogP contribution in [0.25, 0.3) is 0 Å². The Balaban J connectivity index is 1.28. The van der Waals surface area contributed by atoms with Gasteiger partial charge in [0, 0.05) is 50.3 Å². The van der Waals surface area contributed by atoms with Crippen LogP contribution in [-0.2, 0) is 0 Å². The number of aliphatic imine (C=N–C) groups is 1. The fourth-order valence-electron chi connectivity index (χ4n) is 5.20. The number of rotatable bonds is 7. The van der Waals surface area contributed by atoms with Crippen molar-refractivity contribution in [2.24, 2.45) is 4.99 Å². The second kappa shape index (κ2) is 9.48. The third-order valence-corrected chi connectivity index (χ3v) is 7.13. The van der Waals surface area contributed by atoms with E-state index < -0.39 is 0 Å². The monoisotopic (exact) mass is 397 g/mol. The molecule has 1 aromatic rings. The zero-order valence-electron chi connectivity index (χ0n) is 18.3. The third kappa shape index (κ3) is 5.52. The SMILES string of the molecule is CN=C(NCC1(NC(C)c2ccccc2)CCCC1)NC1CCN(C2CC2)CC1. The number of likely N-dealkylation sites (tertiary alicyclic amines) is 1. The van der Waals surface area contributed by atoms with Crippen LogP contribution < -0.4 is 16.0 Å². The number of nitrogens with zero attached hydrogens (tertiary/aromatic N) is 2. The van der Waals surface area contributed by atoms with Crippen molar-refractivity contribution in [1.29, 1.82) is 0 Å². The Morgan fingerprint density at radius 3 is 2.41 bits per heavy atom. The van der Waals surface area contributed by atoms with Crippen LogP contribution in [0.5, 0.6) is 0 Å². The van der Waals surface area contributed by atoms with Gasteiger partial charge in [0.2, 0.25) is 0 Å². The Labute approximate surface area is 176 Å². The highest BCUT2D eigenvalue weighted by Gasteiger charge is 2.35. The van der Waals surface area contributed by atoms with Gasteiger partial charge in [-0.05, 0) is 51.0 Å². The number of guanidine groups is 1. The average molecular weight is 398 g/mol. The van der Waals surface area contributed by atoms with Gasteiger partial charge in [0.15, 0.2) is 5.96 Å². The molecule has 3 fully saturated rings. The van der Waals surface area contributed by atoms with Crippen molar-refractivity contribution in [3.63, 3.8) is 0 Å². The summed E-state index contributed by atoms with van der Waals surface area (Å²) in [6, 6.07) is 12.6. The lowest BCUT2D eigenvalue weighted by Gasteiger charge is -2.36. The van der Waals surface area contributed by atoms with E-state index in [2.05, 4.69) is 63.1 Å². The predicted octanol–water partition coefficient (Wildman–Crippen LogP) is 3.44. The van der Waals surface area contributed by atoms with Crippen LogP contribution in [0, 0.1) is 0 Å². The summed E-state index contributed by atoms with van der Waals surface area (Å²) in [4.78, 5) is 7.21.